The van der Waals surface area contributed by atoms with Gasteiger partial charge in [0.1, 0.15) is 0 Å². The topological polar surface area (TPSA) is 66.5 Å². The van der Waals surface area contributed by atoms with Crippen molar-refractivity contribution in [1.29, 1.82) is 0 Å². The van der Waals surface area contributed by atoms with Crippen LogP contribution in [-0.4, -0.2) is 38.1 Å². The molecule has 2 aromatic rings. The van der Waals surface area contributed by atoms with Gasteiger partial charge in [0.2, 0.25) is 10.0 Å². The largest absolute Gasteiger partial charge is 0.377 e. The Kier molecular flexibility index (Phi) is 6.56. The molecule has 0 aliphatic heterocycles. The number of carbonyl (C=O) groups excluding carboxylic acids is 1. The fraction of sp³-hybridized carbons (Fsp3) is 0.350. The van der Waals surface area contributed by atoms with Crippen LogP contribution in [0.3, 0.4) is 0 Å². The summed E-state index contributed by atoms with van der Waals surface area (Å²) < 4.78 is 26.4. The number of nitrogens with one attached hydrogen (secondary N) is 1. The minimum atomic E-state index is -3.50. The predicted molar refractivity (Wildman–Crippen MR) is 105 cm³/mol. The highest BCUT2D eigenvalue weighted by atomic mass is 32.2. The average Bonchev–Trinajstić information content (AvgIpc) is 2.61. The molecule has 0 aliphatic rings. The quantitative estimate of drug-likeness (QED) is 0.717. The molecule has 6 heteroatoms. The van der Waals surface area contributed by atoms with E-state index in [1.807, 2.05) is 26.0 Å². The number of benzene rings is 2. The van der Waals surface area contributed by atoms with Gasteiger partial charge in [-0.1, -0.05) is 31.5 Å². The molecule has 0 amide bonds. The van der Waals surface area contributed by atoms with E-state index in [0.29, 0.717) is 18.7 Å². The van der Waals surface area contributed by atoms with Gasteiger partial charge in [0.15, 0.2) is 5.78 Å². The number of nitrogens with zero attached hydrogens (tertiary/aromatic N) is 1. The molecule has 5 nitrogen and oxygen atoms in total. The lowest BCUT2D eigenvalue weighted by Crippen LogP contribution is -2.30. The van der Waals surface area contributed by atoms with Crippen molar-refractivity contribution in [2.24, 2.45) is 0 Å². The summed E-state index contributed by atoms with van der Waals surface area (Å²) in [6.45, 7) is 8.61. The van der Waals surface area contributed by atoms with Gasteiger partial charge in [-0.3, -0.25) is 4.79 Å². The van der Waals surface area contributed by atoms with Crippen molar-refractivity contribution in [3.8, 4) is 0 Å². The molecule has 0 radical (unpaired) electrons. The molecule has 0 bridgehead atoms. The van der Waals surface area contributed by atoms with E-state index in [2.05, 4.69) is 11.4 Å². The molecule has 0 heterocycles. The van der Waals surface area contributed by atoms with Gasteiger partial charge in [-0.15, -0.1) is 0 Å². The lowest BCUT2D eigenvalue weighted by atomic mass is 10.1. The molecule has 0 aromatic heterocycles. The summed E-state index contributed by atoms with van der Waals surface area (Å²) in [5.41, 5.74) is 3.66. The molecule has 2 aromatic carbocycles. The molecular formula is C20H26N2O3S. The standard InChI is InChI=1S/C20H26N2O3S/c1-5-22(6-2)26(24,25)18-10-8-17(9-11-18)20(23)14-21-19-12-7-15(3)13-16(19)4/h7-13,21H,5-6,14H2,1-4H3. The van der Waals surface area contributed by atoms with Gasteiger partial charge in [-0.25, -0.2) is 8.42 Å². The van der Waals surface area contributed by atoms with Crippen LogP contribution in [0.1, 0.15) is 35.3 Å². The van der Waals surface area contributed by atoms with Crippen LogP contribution in [0.2, 0.25) is 0 Å². The zero-order valence-corrected chi connectivity index (χ0v) is 16.6. The number of hydrogen-bond acceptors (Lipinski definition) is 4. The minimum Gasteiger partial charge on any atom is -0.377 e. The number of ketones is 1. The smallest absolute Gasteiger partial charge is 0.243 e. The molecule has 0 atom stereocenters. The number of anilines is 1. The van der Waals surface area contributed by atoms with Crippen LogP contribution in [0.4, 0.5) is 5.69 Å². The fourth-order valence-electron chi connectivity index (χ4n) is 2.81. The highest BCUT2D eigenvalue weighted by Crippen LogP contribution is 2.18. The maximum atomic E-state index is 12.5. The van der Waals surface area contributed by atoms with Gasteiger partial charge < -0.3 is 5.32 Å². The lowest BCUT2D eigenvalue weighted by molar-refractivity contribution is 0.101. The molecule has 26 heavy (non-hydrogen) atoms. The molecule has 0 aliphatic carbocycles. The summed E-state index contributed by atoms with van der Waals surface area (Å²) in [4.78, 5) is 12.6. The molecular weight excluding hydrogens is 348 g/mol. The molecule has 0 fully saturated rings. The minimum absolute atomic E-state index is 0.0863. The van der Waals surface area contributed by atoms with Gasteiger partial charge in [0.05, 0.1) is 11.4 Å². The number of Topliss-reactive ketones (excluding diaryl/α,β-unsaturated/α-hetero) is 1. The lowest BCUT2D eigenvalue weighted by Gasteiger charge is -2.18. The summed E-state index contributed by atoms with van der Waals surface area (Å²) in [6.07, 6.45) is 0. The SMILES string of the molecule is CCN(CC)S(=O)(=O)c1ccc(C(=O)CNc2ccc(C)cc2C)cc1. The van der Waals surface area contributed by atoms with Crippen molar-refractivity contribution in [2.45, 2.75) is 32.6 Å². The third-order valence-electron chi connectivity index (χ3n) is 4.34. The van der Waals surface area contributed by atoms with E-state index in [0.717, 1.165) is 11.3 Å². The number of carbonyl (C=O) groups is 1. The summed E-state index contributed by atoms with van der Waals surface area (Å²) in [5.74, 6) is -0.0863. The van der Waals surface area contributed by atoms with Crippen LogP contribution in [0.25, 0.3) is 0 Å². The van der Waals surface area contributed by atoms with Crippen molar-refractivity contribution in [3.05, 3.63) is 59.2 Å². The van der Waals surface area contributed by atoms with Crippen molar-refractivity contribution in [1.82, 2.24) is 4.31 Å². The third kappa shape index (κ3) is 4.51. The van der Waals surface area contributed by atoms with Gasteiger partial charge >= 0.3 is 0 Å². The summed E-state index contributed by atoms with van der Waals surface area (Å²) in [6, 6.07) is 12.1. The molecule has 140 valence electrons. The zero-order valence-electron chi connectivity index (χ0n) is 15.7. The second-order valence-electron chi connectivity index (χ2n) is 6.21. The summed E-state index contributed by atoms with van der Waals surface area (Å²) >= 11 is 0. The van der Waals surface area contributed by atoms with E-state index in [1.165, 1.54) is 22.0 Å². The van der Waals surface area contributed by atoms with Crippen LogP contribution in [0.5, 0.6) is 0 Å². The molecule has 0 saturated carbocycles. The molecule has 0 spiro atoms. The zero-order chi connectivity index (χ0) is 19.3. The van der Waals surface area contributed by atoms with Crippen molar-refractivity contribution in [2.75, 3.05) is 25.0 Å². The van der Waals surface area contributed by atoms with Crippen LogP contribution in [0.15, 0.2) is 47.4 Å². The van der Waals surface area contributed by atoms with Gasteiger partial charge in [-0.05, 0) is 49.7 Å². The maximum absolute atomic E-state index is 12.5. The first-order valence-corrected chi connectivity index (χ1v) is 10.2. The molecule has 1 N–H and O–H groups in total. The maximum Gasteiger partial charge on any atom is 0.243 e. The Morgan fingerprint density at radius 2 is 1.62 bits per heavy atom. The average molecular weight is 375 g/mol. The normalized spacial score (nSPS) is 11.6. The molecule has 0 unspecified atom stereocenters. The highest BCUT2D eigenvalue weighted by molar-refractivity contribution is 7.89. The van der Waals surface area contributed by atoms with E-state index in [9.17, 15) is 13.2 Å². The van der Waals surface area contributed by atoms with Crippen LogP contribution in [-0.2, 0) is 10.0 Å². The van der Waals surface area contributed by atoms with Crippen molar-refractivity contribution >= 4 is 21.5 Å². The Balaban J connectivity index is 2.09. The Labute approximate surface area is 156 Å². The fourth-order valence-corrected chi connectivity index (χ4v) is 4.27. The second kappa shape index (κ2) is 8.47. The number of sulfonamides is 1. The van der Waals surface area contributed by atoms with Crippen LogP contribution < -0.4 is 5.32 Å². The van der Waals surface area contributed by atoms with Crippen molar-refractivity contribution in [3.63, 3.8) is 0 Å². The Hall–Kier alpha value is -2.18. The van der Waals surface area contributed by atoms with Crippen LogP contribution >= 0.6 is 0 Å². The van der Waals surface area contributed by atoms with E-state index in [-0.39, 0.29) is 17.2 Å². The monoisotopic (exact) mass is 374 g/mol. The first-order chi connectivity index (χ1) is 12.3. The predicted octanol–water partition coefficient (Wildman–Crippen LogP) is 3.63. The number of rotatable bonds is 8. The van der Waals surface area contributed by atoms with Gasteiger partial charge in [0, 0.05) is 24.3 Å². The first-order valence-electron chi connectivity index (χ1n) is 8.74. The van der Waals surface area contributed by atoms with E-state index in [4.69, 9.17) is 0 Å². The van der Waals surface area contributed by atoms with Crippen LogP contribution in [0, 0.1) is 13.8 Å². The molecule has 0 saturated heterocycles. The van der Waals surface area contributed by atoms with E-state index < -0.39 is 10.0 Å². The Morgan fingerprint density at radius 1 is 1.00 bits per heavy atom. The summed E-state index contributed by atoms with van der Waals surface area (Å²) in [5, 5.41) is 3.14. The second-order valence-corrected chi connectivity index (χ2v) is 8.15. The van der Waals surface area contributed by atoms with E-state index in [1.54, 1.807) is 26.0 Å². The number of hydrogen-bond donors (Lipinski definition) is 1. The van der Waals surface area contributed by atoms with Gasteiger partial charge in [0.25, 0.3) is 0 Å². The summed E-state index contributed by atoms with van der Waals surface area (Å²) in [7, 11) is -3.50. The number of aryl methyl sites for hydroxylation is 2. The van der Waals surface area contributed by atoms with Gasteiger partial charge in [-0.2, -0.15) is 4.31 Å². The first kappa shape index (κ1) is 20.1. The molecule has 2 rings (SSSR count). The Bertz CT molecular complexity index is 870. The third-order valence-corrected chi connectivity index (χ3v) is 6.40. The highest BCUT2D eigenvalue weighted by Gasteiger charge is 2.21. The van der Waals surface area contributed by atoms with Crippen molar-refractivity contribution < 1.29 is 13.2 Å². The Morgan fingerprint density at radius 3 is 2.15 bits per heavy atom. The van der Waals surface area contributed by atoms with E-state index >= 15 is 0 Å².